The maximum atomic E-state index is 12.0. The molecule has 1 atom stereocenters. The highest BCUT2D eigenvalue weighted by atomic mass is 32.1. The van der Waals surface area contributed by atoms with E-state index in [1.165, 1.54) is 16.1 Å². The lowest BCUT2D eigenvalue weighted by Crippen LogP contribution is -2.30. The van der Waals surface area contributed by atoms with E-state index in [9.17, 15) is 4.79 Å². The van der Waals surface area contributed by atoms with Crippen molar-refractivity contribution in [3.05, 3.63) is 29.3 Å². The molecule has 0 fully saturated rings. The van der Waals surface area contributed by atoms with Crippen LogP contribution in [0.3, 0.4) is 0 Å². The summed E-state index contributed by atoms with van der Waals surface area (Å²) >= 11 is 1.25. The van der Waals surface area contributed by atoms with Crippen LogP contribution in [0.4, 0.5) is 5.13 Å². The molecule has 0 saturated heterocycles. The second kappa shape index (κ2) is 5.44. The molecule has 0 saturated carbocycles. The third-order valence-corrected chi connectivity index (χ3v) is 3.75. The van der Waals surface area contributed by atoms with E-state index in [4.69, 9.17) is 5.73 Å². The Balaban J connectivity index is 1.66. The summed E-state index contributed by atoms with van der Waals surface area (Å²) < 4.78 is 0. The number of aromatic nitrogens is 5. The van der Waals surface area contributed by atoms with Gasteiger partial charge in [-0.3, -0.25) is 4.79 Å². The van der Waals surface area contributed by atoms with Gasteiger partial charge in [-0.05, 0) is 19.1 Å². The zero-order valence-electron chi connectivity index (χ0n) is 11.2. The van der Waals surface area contributed by atoms with Crippen molar-refractivity contribution in [1.29, 1.82) is 0 Å². The summed E-state index contributed by atoms with van der Waals surface area (Å²) in [5.41, 5.74) is 7.04. The number of carbonyl (C=O) groups excluding carboxylic acids is 1. The molecule has 1 unspecified atom stereocenters. The molecule has 3 aromatic rings. The number of rotatable bonds is 4. The number of anilines is 1. The molecular formula is C12H13N7OS. The molecule has 0 spiro atoms. The highest BCUT2D eigenvalue weighted by Gasteiger charge is 2.15. The van der Waals surface area contributed by atoms with Crippen molar-refractivity contribution < 1.29 is 4.79 Å². The van der Waals surface area contributed by atoms with Crippen molar-refractivity contribution in [2.24, 2.45) is 0 Å². The first-order chi connectivity index (χ1) is 10.1. The van der Waals surface area contributed by atoms with E-state index in [1.54, 1.807) is 0 Å². The molecule has 108 valence electrons. The first kappa shape index (κ1) is 13.4. The van der Waals surface area contributed by atoms with Gasteiger partial charge in [0.25, 0.3) is 0 Å². The topological polar surface area (TPSA) is 112 Å². The van der Waals surface area contributed by atoms with Gasteiger partial charge in [-0.15, -0.1) is 10.2 Å². The van der Waals surface area contributed by atoms with Crippen molar-refractivity contribution >= 4 is 33.4 Å². The number of benzene rings is 1. The monoisotopic (exact) mass is 303 g/mol. The van der Waals surface area contributed by atoms with Gasteiger partial charge in [-0.1, -0.05) is 23.5 Å². The molecule has 0 radical (unpaired) electrons. The summed E-state index contributed by atoms with van der Waals surface area (Å²) in [5, 5.41) is 20.0. The predicted octanol–water partition coefficient (Wildman–Crippen LogP) is 0.742. The first-order valence-electron chi connectivity index (χ1n) is 6.30. The van der Waals surface area contributed by atoms with Crippen LogP contribution in [0.2, 0.25) is 0 Å². The summed E-state index contributed by atoms with van der Waals surface area (Å²) in [5.74, 6) is -0.198. The number of nitrogen functional groups attached to an aromatic ring is 1. The van der Waals surface area contributed by atoms with Crippen molar-refractivity contribution in [1.82, 2.24) is 30.5 Å². The summed E-state index contributed by atoms with van der Waals surface area (Å²) in [7, 11) is 0. The van der Waals surface area contributed by atoms with Crippen molar-refractivity contribution in [3.8, 4) is 0 Å². The average molecular weight is 303 g/mol. The van der Waals surface area contributed by atoms with Crippen molar-refractivity contribution in [2.45, 2.75) is 19.5 Å². The number of fused-ring (bicyclic) bond motifs is 1. The molecule has 0 aliphatic carbocycles. The largest absolute Gasteiger partial charge is 0.374 e. The average Bonchev–Trinajstić information content (AvgIpc) is 3.03. The van der Waals surface area contributed by atoms with E-state index >= 15 is 0 Å². The Labute approximate surface area is 124 Å². The van der Waals surface area contributed by atoms with Gasteiger partial charge in [0.15, 0.2) is 0 Å². The smallest absolute Gasteiger partial charge is 0.244 e. The van der Waals surface area contributed by atoms with Crippen LogP contribution in [0.5, 0.6) is 0 Å². The highest BCUT2D eigenvalue weighted by Crippen LogP contribution is 2.18. The minimum atomic E-state index is -0.253. The lowest BCUT2D eigenvalue weighted by atomic mass is 10.3. The second-order valence-corrected chi connectivity index (χ2v) is 5.53. The molecule has 1 aromatic carbocycles. The third kappa shape index (κ3) is 2.97. The van der Waals surface area contributed by atoms with E-state index in [0.29, 0.717) is 10.1 Å². The molecule has 3 rings (SSSR count). The van der Waals surface area contributed by atoms with Gasteiger partial charge in [0, 0.05) is 0 Å². The minimum absolute atomic E-state index is 0.0489. The van der Waals surface area contributed by atoms with Crippen LogP contribution in [0.1, 0.15) is 18.0 Å². The Bertz CT molecular complexity index is 748. The van der Waals surface area contributed by atoms with E-state index in [0.717, 1.165) is 11.0 Å². The van der Waals surface area contributed by atoms with E-state index in [1.807, 2.05) is 31.2 Å². The molecule has 0 aliphatic heterocycles. The van der Waals surface area contributed by atoms with Crippen LogP contribution in [0.15, 0.2) is 24.3 Å². The standard InChI is InChI=1S/C12H13N7OS/c1-7(11-15-16-12(13)21-11)14-10(20)6-19-17-8-4-2-3-5-9(8)18-19/h2-5,7H,6H2,1H3,(H2,13,16)(H,14,20). The third-order valence-electron chi connectivity index (χ3n) is 2.82. The van der Waals surface area contributed by atoms with Crippen LogP contribution in [-0.4, -0.2) is 31.1 Å². The van der Waals surface area contributed by atoms with E-state index in [-0.39, 0.29) is 18.5 Å². The summed E-state index contributed by atoms with van der Waals surface area (Å²) in [6.07, 6.45) is 0. The minimum Gasteiger partial charge on any atom is -0.374 e. The molecule has 8 nitrogen and oxygen atoms in total. The zero-order valence-corrected chi connectivity index (χ0v) is 12.0. The van der Waals surface area contributed by atoms with Crippen LogP contribution in [-0.2, 0) is 11.3 Å². The van der Waals surface area contributed by atoms with Gasteiger partial charge in [-0.2, -0.15) is 15.0 Å². The molecule has 21 heavy (non-hydrogen) atoms. The van der Waals surface area contributed by atoms with Crippen molar-refractivity contribution in [3.63, 3.8) is 0 Å². The highest BCUT2D eigenvalue weighted by molar-refractivity contribution is 7.15. The molecule has 2 aromatic heterocycles. The quantitative estimate of drug-likeness (QED) is 0.735. The fourth-order valence-electron chi connectivity index (χ4n) is 1.87. The maximum absolute atomic E-state index is 12.0. The van der Waals surface area contributed by atoms with Crippen molar-refractivity contribution in [2.75, 3.05) is 5.73 Å². The number of nitrogens with one attached hydrogen (secondary N) is 1. The summed E-state index contributed by atoms with van der Waals surface area (Å²) in [6, 6.07) is 7.21. The number of carbonyl (C=O) groups is 1. The Morgan fingerprint density at radius 1 is 1.33 bits per heavy atom. The molecular weight excluding hydrogens is 290 g/mol. The molecule has 0 bridgehead atoms. The Morgan fingerprint density at radius 2 is 2.00 bits per heavy atom. The molecule has 9 heteroatoms. The van der Waals surface area contributed by atoms with Crippen LogP contribution < -0.4 is 11.1 Å². The second-order valence-electron chi connectivity index (χ2n) is 4.49. The maximum Gasteiger partial charge on any atom is 0.244 e. The predicted molar refractivity (Wildman–Crippen MR) is 78.4 cm³/mol. The lowest BCUT2D eigenvalue weighted by molar-refractivity contribution is -0.122. The first-order valence-corrected chi connectivity index (χ1v) is 7.11. The lowest BCUT2D eigenvalue weighted by Gasteiger charge is -2.09. The van der Waals surface area contributed by atoms with Gasteiger partial charge in [-0.25, -0.2) is 0 Å². The van der Waals surface area contributed by atoms with E-state index in [2.05, 4.69) is 25.7 Å². The number of hydrogen-bond acceptors (Lipinski definition) is 7. The van der Waals surface area contributed by atoms with Gasteiger partial charge in [0.1, 0.15) is 22.6 Å². The molecule has 3 N–H and O–H groups in total. The SMILES string of the molecule is CC(NC(=O)Cn1nc2ccccc2n1)c1nnc(N)s1. The Morgan fingerprint density at radius 3 is 2.57 bits per heavy atom. The fourth-order valence-corrected chi connectivity index (χ4v) is 2.49. The van der Waals surface area contributed by atoms with Crippen LogP contribution in [0, 0.1) is 0 Å². The fraction of sp³-hybridized carbons (Fsp3) is 0.250. The van der Waals surface area contributed by atoms with Gasteiger partial charge in [0.2, 0.25) is 11.0 Å². The molecule has 1 amide bonds. The zero-order chi connectivity index (χ0) is 14.8. The summed E-state index contributed by atoms with van der Waals surface area (Å²) in [4.78, 5) is 13.4. The van der Waals surface area contributed by atoms with Crippen LogP contribution in [0.25, 0.3) is 11.0 Å². The van der Waals surface area contributed by atoms with Crippen LogP contribution >= 0.6 is 11.3 Å². The summed E-state index contributed by atoms with van der Waals surface area (Å²) in [6.45, 7) is 1.87. The Hall–Kier alpha value is -2.55. The van der Waals surface area contributed by atoms with Gasteiger partial charge in [0.05, 0.1) is 6.04 Å². The number of nitrogens with two attached hydrogens (primary N) is 1. The van der Waals surface area contributed by atoms with Gasteiger partial charge < -0.3 is 11.1 Å². The Kier molecular flexibility index (Phi) is 3.48. The van der Waals surface area contributed by atoms with E-state index < -0.39 is 0 Å². The molecule has 0 aliphatic rings. The number of amides is 1. The van der Waals surface area contributed by atoms with Gasteiger partial charge >= 0.3 is 0 Å². The molecule has 2 heterocycles. The normalized spacial score (nSPS) is 12.4. The number of hydrogen-bond donors (Lipinski definition) is 2. The number of nitrogens with zero attached hydrogens (tertiary/aromatic N) is 5.